The summed E-state index contributed by atoms with van der Waals surface area (Å²) in [7, 11) is -2.02. The van der Waals surface area contributed by atoms with Gasteiger partial charge in [0.2, 0.25) is 10.0 Å². The maximum atomic E-state index is 12.2. The van der Waals surface area contributed by atoms with Gasteiger partial charge in [0.05, 0.1) is 4.90 Å². The smallest absolute Gasteiger partial charge is 0.251 e. The van der Waals surface area contributed by atoms with E-state index in [-0.39, 0.29) is 10.8 Å². The first-order chi connectivity index (χ1) is 11.5. The Bertz CT molecular complexity index is 760. The molecule has 0 saturated heterocycles. The molecule has 5 nitrogen and oxygen atoms in total. The van der Waals surface area contributed by atoms with Gasteiger partial charge in [-0.05, 0) is 48.6 Å². The molecule has 128 valence electrons. The average Bonchev–Trinajstić information content (AvgIpc) is 2.61. The van der Waals surface area contributed by atoms with Crippen molar-refractivity contribution in [1.29, 1.82) is 0 Å². The van der Waals surface area contributed by atoms with Crippen molar-refractivity contribution in [3.63, 3.8) is 0 Å². The Labute approximate surface area is 146 Å². The van der Waals surface area contributed by atoms with Gasteiger partial charge in [0.25, 0.3) is 5.91 Å². The lowest BCUT2D eigenvalue weighted by Gasteiger charge is -2.07. The minimum Gasteiger partial charge on any atom is -0.355 e. The van der Waals surface area contributed by atoms with Crippen LogP contribution in [0.3, 0.4) is 0 Å². The van der Waals surface area contributed by atoms with Crippen molar-refractivity contribution in [3.8, 4) is 0 Å². The van der Waals surface area contributed by atoms with E-state index in [1.54, 1.807) is 11.8 Å². The summed E-state index contributed by atoms with van der Waals surface area (Å²) in [5, 5.41) is 2.49. The van der Waals surface area contributed by atoms with Crippen LogP contribution in [0.15, 0.2) is 64.4 Å². The molecule has 0 saturated carbocycles. The number of hydrogen-bond donors (Lipinski definition) is 2. The molecular formula is C17H20N2O3S2. The van der Waals surface area contributed by atoms with Crippen LogP contribution in [0.4, 0.5) is 0 Å². The highest BCUT2D eigenvalue weighted by molar-refractivity contribution is 7.99. The Balaban J connectivity index is 1.81. The molecule has 0 aliphatic rings. The van der Waals surface area contributed by atoms with Gasteiger partial charge in [0.1, 0.15) is 0 Å². The number of carbonyl (C=O) groups excluding carboxylic acids is 1. The van der Waals surface area contributed by atoms with Gasteiger partial charge in [-0.25, -0.2) is 13.1 Å². The lowest BCUT2D eigenvalue weighted by atomic mass is 10.2. The van der Waals surface area contributed by atoms with E-state index in [0.717, 1.165) is 12.2 Å². The third-order valence-corrected chi connectivity index (χ3v) is 5.85. The predicted molar refractivity (Wildman–Crippen MR) is 96.8 cm³/mol. The van der Waals surface area contributed by atoms with Gasteiger partial charge in [-0.2, -0.15) is 0 Å². The van der Waals surface area contributed by atoms with Crippen LogP contribution in [0.1, 0.15) is 16.8 Å². The summed E-state index contributed by atoms with van der Waals surface area (Å²) in [6.45, 7) is 0.374. The third kappa shape index (κ3) is 5.36. The van der Waals surface area contributed by atoms with E-state index in [2.05, 4.69) is 10.0 Å². The Morgan fingerprint density at radius 2 is 1.71 bits per heavy atom. The number of benzene rings is 2. The van der Waals surface area contributed by atoms with Gasteiger partial charge in [-0.15, -0.1) is 11.8 Å². The molecule has 0 fully saturated rings. The molecule has 0 aliphatic heterocycles. The maximum Gasteiger partial charge on any atom is 0.251 e. The summed E-state index contributed by atoms with van der Waals surface area (Å²) in [6.07, 6.45) is 0.731. The zero-order valence-corrected chi connectivity index (χ0v) is 15.0. The fourth-order valence-corrected chi connectivity index (χ4v) is 3.95. The summed E-state index contributed by atoms with van der Waals surface area (Å²) in [4.78, 5) is 12.8. The Kier molecular flexibility index (Phi) is 6.84. The Morgan fingerprint density at radius 1 is 1.04 bits per heavy atom. The van der Waals surface area contributed by atoms with Gasteiger partial charge in [0, 0.05) is 24.1 Å². The van der Waals surface area contributed by atoms with Crippen molar-refractivity contribution < 1.29 is 13.2 Å². The van der Waals surface area contributed by atoms with E-state index in [9.17, 15) is 13.2 Å². The van der Waals surface area contributed by atoms with Crippen LogP contribution in [-0.4, -0.2) is 33.7 Å². The molecule has 1 amide bonds. The van der Waals surface area contributed by atoms with Crippen molar-refractivity contribution in [2.75, 3.05) is 19.3 Å². The minimum atomic E-state index is -3.55. The second kappa shape index (κ2) is 8.86. The van der Waals surface area contributed by atoms with Crippen molar-refractivity contribution >= 4 is 27.7 Å². The largest absolute Gasteiger partial charge is 0.355 e. The number of amides is 1. The maximum absolute atomic E-state index is 12.2. The van der Waals surface area contributed by atoms with E-state index in [1.807, 2.05) is 30.3 Å². The van der Waals surface area contributed by atoms with E-state index in [0.29, 0.717) is 12.1 Å². The van der Waals surface area contributed by atoms with Crippen LogP contribution in [0.25, 0.3) is 0 Å². The lowest BCUT2D eigenvalue weighted by Crippen LogP contribution is -2.25. The van der Waals surface area contributed by atoms with Crippen LogP contribution in [0.2, 0.25) is 0 Å². The molecule has 0 bridgehead atoms. The topological polar surface area (TPSA) is 75.3 Å². The number of hydrogen-bond acceptors (Lipinski definition) is 4. The predicted octanol–water partition coefficient (Wildman–Crippen LogP) is 2.51. The summed E-state index contributed by atoms with van der Waals surface area (Å²) >= 11 is 1.70. The van der Waals surface area contributed by atoms with Gasteiger partial charge in [0.15, 0.2) is 0 Å². The SMILES string of the molecule is CNC(=O)c1ccc(S(=O)(=O)NCCCSc2ccccc2)cc1. The van der Waals surface area contributed by atoms with E-state index < -0.39 is 10.0 Å². The normalized spacial score (nSPS) is 11.2. The summed E-state index contributed by atoms with van der Waals surface area (Å²) < 4.78 is 27.0. The number of nitrogens with one attached hydrogen (secondary N) is 2. The lowest BCUT2D eigenvalue weighted by molar-refractivity contribution is 0.0963. The molecule has 2 N–H and O–H groups in total. The molecule has 0 heterocycles. The van der Waals surface area contributed by atoms with Crippen LogP contribution in [0.5, 0.6) is 0 Å². The molecule has 0 spiro atoms. The average molecular weight is 364 g/mol. The first kappa shape index (κ1) is 18.5. The highest BCUT2D eigenvalue weighted by Gasteiger charge is 2.14. The number of rotatable bonds is 8. The van der Waals surface area contributed by atoms with Crippen molar-refractivity contribution in [3.05, 3.63) is 60.2 Å². The minimum absolute atomic E-state index is 0.158. The Hall–Kier alpha value is -1.83. The highest BCUT2D eigenvalue weighted by atomic mass is 32.2. The van der Waals surface area contributed by atoms with E-state index in [4.69, 9.17) is 0 Å². The second-order valence-corrected chi connectivity index (χ2v) is 7.95. The van der Waals surface area contributed by atoms with E-state index in [1.165, 1.54) is 36.2 Å². The fraction of sp³-hybridized carbons (Fsp3) is 0.235. The van der Waals surface area contributed by atoms with Gasteiger partial charge >= 0.3 is 0 Å². The van der Waals surface area contributed by atoms with Gasteiger partial charge < -0.3 is 5.32 Å². The molecule has 24 heavy (non-hydrogen) atoms. The first-order valence-corrected chi connectivity index (χ1v) is 9.99. The molecule has 0 atom stereocenters. The standard InChI is InChI=1S/C17H20N2O3S2/c1-18-17(20)14-8-10-16(11-9-14)24(21,22)19-12-5-13-23-15-6-3-2-4-7-15/h2-4,6-11,19H,5,12-13H2,1H3,(H,18,20). The Morgan fingerprint density at radius 3 is 2.33 bits per heavy atom. The number of sulfonamides is 1. The van der Waals surface area contributed by atoms with Crippen molar-refractivity contribution in [1.82, 2.24) is 10.0 Å². The first-order valence-electron chi connectivity index (χ1n) is 7.52. The zero-order valence-electron chi connectivity index (χ0n) is 13.4. The van der Waals surface area contributed by atoms with Crippen LogP contribution in [0, 0.1) is 0 Å². The zero-order chi connectivity index (χ0) is 17.4. The van der Waals surface area contributed by atoms with Crippen LogP contribution < -0.4 is 10.0 Å². The molecule has 0 radical (unpaired) electrons. The molecule has 2 aromatic rings. The molecule has 2 aromatic carbocycles. The molecule has 0 aromatic heterocycles. The highest BCUT2D eigenvalue weighted by Crippen LogP contribution is 2.17. The molecular weight excluding hydrogens is 344 g/mol. The summed E-state index contributed by atoms with van der Waals surface area (Å²) in [5.74, 6) is 0.590. The quantitative estimate of drug-likeness (QED) is 0.557. The van der Waals surface area contributed by atoms with Gasteiger partial charge in [-0.3, -0.25) is 4.79 Å². The van der Waals surface area contributed by atoms with Crippen molar-refractivity contribution in [2.24, 2.45) is 0 Å². The molecule has 7 heteroatoms. The molecule has 0 aliphatic carbocycles. The number of thioether (sulfide) groups is 1. The second-order valence-electron chi connectivity index (χ2n) is 5.02. The van der Waals surface area contributed by atoms with Crippen molar-refractivity contribution in [2.45, 2.75) is 16.2 Å². The van der Waals surface area contributed by atoms with E-state index >= 15 is 0 Å². The summed E-state index contributed by atoms with van der Waals surface area (Å²) in [5.41, 5.74) is 0.427. The monoisotopic (exact) mass is 364 g/mol. The number of carbonyl (C=O) groups is 1. The molecule has 2 rings (SSSR count). The van der Waals surface area contributed by atoms with Crippen LogP contribution in [-0.2, 0) is 10.0 Å². The molecule has 0 unspecified atom stereocenters. The fourth-order valence-electron chi connectivity index (χ4n) is 2.00. The third-order valence-electron chi connectivity index (χ3n) is 3.28. The van der Waals surface area contributed by atoms with Gasteiger partial charge in [-0.1, -0.05) is 18.2 Å². The van der Waals surface area contributed by atoms with Crippen LogP contribution >= 0.6 is 11.8 Å². The summed E-state index contributed by atoms with van der Waals surface area (Å²) in [6, 6.07) is 15.9.